The number of nitrogens with zero attached hydrogens (tertiary/aromatic N) is 1. The molecule has 3 heteroatoms. The zero-order chi connectivity index (χ0) is 18.1. The van der Waals surface area contributed by atoms with Crippen molar-refractivity contribution in [3.8, 4) is 5.75 Å². The first-order valence-corrected chi connectivity index (χ1v) is 10.5. The highest BCUT2D eigenvalue weighted by Crippen LogP contribution is 2.51. The van der Waals surface area contributed by atoms with E-state index in [2.05, 4.69) is 55.8 Å². The summed E-state index contributed by atoms with van der Waals surface area (Å²) in [5.41, 5.74) is 4.24. The largest absolute Gasteiger partial charge is 0.488 e. The van der Waals surface area contributed by atoms with Crippen molar-refractivity contribution in [2.45, 2.75) is 70.9 Å². The molecule has 140 valence electrons. The maximum absolute atomic E-state index is 6.15. The van der Waals surface area contributed by atoms with Crippen molar-refractivity contribution in [3.63, 3.8) is 0 Å². The first kappa shape index (κ1) is 16.7. The summed E-state index contributed by atoms with van der Waals surface area (Å²) >= 11 is 0. The van der Waals surface area contributed by atoms with E-state index in [0.717, 1.165) is 23.6 Å². The Morgan fingerprint density at radius 3 is 2.85 bits per heavy atom. The van der Waals surface area contributed by atoms with Gasteiger partial charge < -0.3 is 9.72 Å². The molecule has 5 atom stereocenters. The Morgan fingerprint density at radius 2 is 2.08 bits per heavy atom. The van der Waals surface area contributed by atoms with Gasteiger partial charge in [0.2, 0.25) is 0 Å². The van der Waals surface area contributed by atoms with Crippen molar-refractivity contribution in [1.82, 2.24) is 9.88 Å². The lowest BCUT2D eigenvalue weighted by Crippen LogP contribution is -2.56. The third-order valence-electron chi connectivity index (χ3n) is 6.91. The van der Waals surface area contributed by atoms with Crippen LogP contribution < -0.4 is 4.74 Å². The predicted molar refractivity (Wildman–Crippen MR) is 107 cm³/mol. The van der Waals surface area contributed by atoms with Gasteiger partial charge in [-0.05, 0) is 75.6 Å². The topological polar surface area (TPSA) is 28.3 Å². The number of piperidine rings is 2. The molecule has 3 fully saturated rings. The summed E-state index contributed by atoms with van der Waals surface area (Å²) in [6, 6.07) is 7.37. The number of hydrogen-bond donors (Lipinski definition) is 1. The van der Waals surface area contributed by atoms with Crippen molar-refractivity contribution >= 4 is 10.9 Å². The van der Waals surface area contributed by atoms with Gasteiger partial charge in [-0.15, -0.1) is 0 Å². The highest BCUT2D eigenvalue weighted by atomic mass is 16.5. The van der Waals surface area contributed by atoms with Crippen LogP contribution in [0.5, 0.6) is 5.75 Å². The van der Waals surface area contributed by atoms with E-state index >= 15 is 0 Å². The third-order valence-corrected chi connectivity index (χ3v) is 6.91. The van der Waals surface area contributed by atoms with Crippen LogP contribution in [0.15, 0.2) is 18.2 Å². The molecule has 1 N–H and O–H groups in total. The Morgan fingerprint density at radius 1 is 1.23 bits per heavy atom. The van der Waals surface area contributed by atoms with E-state index in [0.29, 0.717) is 5.92 Å². The number of fused-ring (bicyclic) bond motifs is 4. The maximum Gasteiger partial charge on any atom is 0.120 e. The van der Waals surface area contributed by atoms with Crippen molar-refractivity contribution in [2.24, 2.45) is 11.8 Å². The van der Waals surface area contributed by atoms with Gasteiger partial charge in [-0.2, -0.15) is 0 Å². The van der Waals surface area contributed by atoms with Crippen LogP contribution >= 0.6 is 0 Å². The van der Waals surface area contributed by atoms with E-state index in [1.54, 1.807) is 11.3 Å². The van der Waals surface area contributed by atoms with Gasteiger partial charge in [-0.1, -0.05) is 13.3 Å². The number of ether oxygens (including phenoxy) is 1. The monoisotopic (exact) mass is 352 g/mol. The first-order valence-electron chi connectivity index (χ1n) is 10.5. The molecular formula is C23H32N2O. The highest BCUT2D eigenvalue weighted by Gasteiger charge is 2.48. The molecule has 6 rings (SSSR count). The van der Waals surface area contributed by atoms with Crippen LogP contribution in [0, 0.1) is 11.8 Å². The molecule has 1 aromatic heterocycles. The second-order valence-corrected chi connectivity index (χ2v) is 9.79. The van der Waals surface area contributed by atoms with E-state index in [1.165, 1.54) is 49.7 Å². The Labute approximate surface area is 157 Å². The summed E-state index contributed by atoms with van der Waals surface area (Å²) in [6.07, 6.45) is 5.33. The van der Waals surface area contributed by atoms with Crippen LogP contribution in [-0.4, -0.2) is 34.6 Å². The standard InChI is InChI=1S/C23H32N2O/c1-5-15-10-14-11-19-21-17(8-9-25(13-14)22(15)19)18-12-16(26-23(2,3)4)6-7-20(18)24-21/h6-7,12,14-15,19,22,24H,5,8-11,13H2,1-4H3/t14-,15+,19+,22+/m1/s1. The highest BCUT2D eigenvalue weighted by molar-refractivity contribution is 5.86. The van der Waals surface area contributed by atoms with E-state index in [9.17, 15) is 0 Å². The molecule has 4 bridgehead atoms. The number of benzene rings is 1. The van der Waals surface area contributed by atoms with Crippen LogP contribution in [0.3, 0.4) is 0 Å². The number of aromatic nitrogens is 1. The summed E-state index contributed by atoms with van der Waals surface area (Å²) < 4.78 is 6.15. The van der Waals surface area contributed by atoms with E-state index < -0.39 is 0 Å². The Bertz CT molecular complexity index is 831. The fourth-order valence-electron chi connectivity index (χ4n) is 6.09. The molecule has 1 unspecified atom stereocenters. The number of nitrogens with one attached hydrogen (secondary N) is 1. The predicted octanol–water partition coefficient (Wildman–Crippen LogP) is 5.11. The lowest BCUT2D eigenvalue weighted by Gasteiger charge is -2.53. The van der Waals surface area contributed by atoms with Crippen LogP contribution in [0.4, 0.5) is 0 Å². The number of rotatable bonds is 2. The number of hydrogen-bond acceptors (Lipinski definition) is 2. The summed E-state index contributed by atoms with van der Waals surface area (Å²) in [5.74, 6) is 3.47. The van der Waals surface area contributed by atoms with Crippen molar-refractivity contribution in [3.05, 3.63) is 29.5 Å². The Hall–Kier alpha value is -1.48. The van der Waals surface area contributed by atoms with E-state index in [-0.39, 0.29) is 5.60 Å². The average molecular weight is 353 g/mol. The SMILES string of the molecule is CC[C@H]1C[C@@H]2C[C@H]3c4[nH]c5ccc(OC(C)(C)C)cc5c4CCN(C2)[C@@H]13. The van der Waals surface area contributed by atoms with Crippen LogP contribution in [0.2, 0.25) is 0 Å². The molecule has 3 aliphatic heterocycles. The third kappa shape index (κ3) is 2.58. The second kappa shape index (κ2) is 5.76. The van der Waals surface area contributed by atoms with E-state index in [4.69, 9.17) is 4.74 Å². The summed E-state index contributed by atoms with van der Waals surface area (Å²) in [7, 11) is 0. The number of H-pyrrole nitrogens is 1. The minimum Gasteiger partial charge on any atom is -0.488 e. The fourth-order valence-corrected chi connectivity index (χ4v) is 6.09. The van der Waals surface area contributed by atoms with Gasteiger partial charge >= 0.3 is 0 Å². The average Bonchev–Trinajstić information content (AvgIpc) is 2.91. The zero-order valence-corrected chi connectivity index (χ0v) is 16.6. The lowest BCUT2D eigenvalue weighted by molar-refractivity contribution is -0.0134. The molecule has 4 heterocycles. The summed E-state index contributed by atoms with van der Waals surface area (Å²) in [5, 5.41) is 1.39. The van der Waals surface area contributed by atoms with Crippen LogP contribution in [0.25, 0.3) is 10.9 Å². The molecular weight excluding hydrogens is 320 g/mol. The van der Waals surface area contributed by atoms with Gasteiger partial charge in [-0.3, -0.25) is 4.90 Å². The van der Waals surface area contributed by atoms with Crippen molar-refractivity contribution in [1.29, 1.82) is 0 Å². The Kier molecular flexibility index (Phi) is 3.69. The van der Waals surface area contributed by atoms with Crippen molar-refractivity contribution in [2.75, 3.05) is 13.1 Å². The fraction of sp³-hybridized carbons (Fsp3) is 0.652. The normalized spacial score (nSPS) is 33.2. The molecule has 2 aromatic rings. The molecule has 0 amide bonds. The van der Waals surface area contributed by atoms with Crippen LogP contribution in [-0.2, 0) is 6.42 Å². The molecule has 3 nitrogen and oxygen atoms in total. The summed E-state index contributed by atoms with van der Waals surface area (Å²) in [6.45, 7) is 11.3. The molecule has 1 aliphatic carbocycles. The molecule has 4 aliphatic rings. The molecule has 0 spiro atoms. The Balaban J connectivity index is 1.59. The van der Waals surface area contributed by atoms with Crippen LogP contribution in [0.1, 0.15) is 64.1 Å². The first-order chi connectivity index (χ1) is 12.4. The smallest absolute Gasteiger partial charge is 0.120 e. The van der Waals surface area contributed by atoms with Gasteiger partial charge in [0, 0.05) is 41.6 Å². The molecule has 1 saturated carbocycles. The number of aromatic amines is 1. The summed E-state index contributed by atoms with van der Waals surface area (Å²) in [4.78, 5) is 6.67. The van der Waals surface area contributed by atoms with Crippen molar-refractivity contribution < 1.29 is 4.74 Å². The zero-order valence-electron chi connectivity index (χ0n) is 16.6. The molecule has 2 saturated heterocycles. The van der Waals surface area contributed by atoms with Gasteiger partial charge in [0.05, 0.1) is 0 Å². The van der Waals surface area contributed by atoms with Gasteiger partial charge in [-0.25, -0.2) is 0 Å². The molecule has 26 heavy (non-hydrogen) atoms. The minimum absolute atomic E-state index is 0.156. The van der Waals surface area contributed by atoms with Gasteiger partial charge in [0.25, 0.3) is 0 Å². The maximum atomic E-state index is 6.15. The molecule has 0 radical (unpaired) electrons. The van der Waals surface area contributed by atoms with E-state index in [1.807, 2.05) is 0 Å². The quantitative estimate of drug-likeness (QED) is 0.814. The lowest BCUT2D eigenvalue weighted by atomic mass is 9.65. The molecule has 1 aromatic carbocycles. The van der Waals surface area contributed by atoms with Gasteiger partial charge in [0.1, 0.15) is 11.4 Å². The minimum atomic E-state index is -0.156. The van der Waals surface area contributed by atoms with Gasteiger partial charge in [0.15, 0.2) is 0 Å². The second-order valence-electron chi connectivity index (χ2n) is 9.79.